The van der Waals surface area contributed by atoms with Crippen LogP contribution < -0.4 is 0 Å². The molecule has 3 aliphatic heterocycles. The molecule has 0 aromatic rings. The van der Waals surface area contributed by atoms with Gasteiger partial charge in [-0.05, 0) is 65.3 Å². The van der Waals surface area contributed by atoms with Crippen molar-refractivity contribution in [3.05, 3.63) is 12.2 Å². The standard InChI is InChI=1S/C30H51NO8/c1-10-24-20(6)28-30(7,39-28)12-11-22(32)16(2)13-17(3)27(19(5)23(33)15-25(34)37-24)38-29-26(35)21(31(8)9)14-18(4)36-29/h11-12,16-21,23-24,26-29,33,35H,10,13-15H2,1-9H3/b12-11-/t16-,17+,18-,19+,20-,21+,23-,24?,26-,27+,28+,29+,30+/m1/s1. The Morgan fingerprint density at radius 1 is 1.08 bits per heavy atom. The Morgan fingerprint density at radius 3 is 2.36 bits per heavy atom. The van der Waals surface area contributed by atoms with Crippen LogP contribution in [0.5, 0.6) is 0 Å². The molecule has 0 amide bonds. The highest BCUT2D eigenvalue weighted by Crippen LogP contribution is 2.44. The summed E-state index contributed by atoms with van der Waals surface area (Å²) in [6, 6.07) is -0.149. The van der Waals surface area contributed by atoms with Gasteiger partial charge in [-0.2, -0.15) is 0 Å². The van der Waals surface area contributed by atoms with E-state index in [-0.39, 0.29) is 54.3 Å². The zero-order valence-electron chi connectivity index (χ0n) is 25.2. The number of hydrogen-bond donors (Lipinski definition) is 2. The van der Waals surface area contributed by atoms with Gasteiger partial charge in [0.05, 0.1) is 30.8 Å². The monoisotopic (exact) mass is 553 g/mol. The van der Waals surface area contributed by atoms with Crippen LogP contribution in [-0.4, -0.2) is 95.5 Å². The molecule has 0 spiro atoms. The summed E-state index contributed by atoms with van der Waals surface area (Å²) in [6.45, 7) is 13.5. The van der Waals surface area contributed by atoms with Gasteiger partial charge in [0.1, 0.15) is 17.8 Å². The Kier molecular flexibility index (Phi) is 10.8. The lowest BCUT2D eigenvalue weighted by atomic mass is 9.82. The molecule has 3 aliphatic rings. The normalized spacial score (nSPS) is 47.4. The molecule has 2 N–H and O–H groups in total. The summed E-state index contributed by atoms with van der Waals surface area (Å²) in [5.74, 6) is -1.51. The number of esters is 1. The van der Waals surface area contributed by atoms with E-state index in [0.717, 1.165) is 0 Å². The third kappa shape index (κ3) is 7.68. The predicted octanol–water partition coefficient (Wildman–Crippen LogP) is 3.10. The molecule has 0 bridgehead atoms. The van der Waals surface area contributed by atoms with Gasteiger partial charge in [-0.25, -0.2) is 0 Å². The lowest BCUT2D eigenvalue weighted by Gasteiger charge is -2.44. The van der Waals surface area contributed by atoms with Crippen LogP contribution in [0.15, 0.2) is 12.2 Å². The van der Waals surface area contributed by atoms with Gasteiger partial charge in [-0.15, -0.1) is 0 Å². The predicted molar refractivity (Wildman–Crippen MR) is 147 cm³/mol. The number of carbonyl (C=O) groups is 2. The molecule has 9 heteroatoms. The minimum atomic E-state index is -1.04. The maximum absolute atomic E-state index is 13.1. The number of fused-ring (bicyclic) bond motifs is 1. The first-order chi connectivity index (χ1) is 18.2. The van der Waals surface area contributed by atoms with Crippen LogP contribution in [0.1, 0.15) is 74.1 Å². The molecule has 0 aliphatic carbocycles. The van der Waals surface area contributed by atoms with E-state index in [1.165, 1.54) is 0 Å². The SMILES string of the molecule is CCC1OC(=O)C[C@@H](O)[C@H](C)[C@@H](O[C@@H]2O[C@H](C)C[C@H](N(C)C)[C@H]2O)[C@@H](C)C[C@@H](C)C(=O)/C=C\[C@]2(C)O[C@H]2[C@@H]1C. The van der Waals surface area contributed by atoms with E-state index in [4.69, 9.17) is 18.9 Å². The van der Waals surface area contributed by atoms with Gasteiger partial charge >= 0.3 is 5.97 Å². The van der Waals surface area contributed by atoms with Gasteiger partial charge in [0, 0.05) is 23.8 Å². The van der Waals surface area contributed by atoms with Gasteiger partial charge in [-0.3, -0.25) is 9.59 Å². The minimum absolute atomic E-state index is 0.00209. The topological polar surface area (TPSA) is 118 Å². The van der Waals surface area contributed by atoms with Crippen molar-refractivity contribution >= 4 is 11.8 Å². The molecule has 2 saturated heterocycles. The second-order valence-corrected chi connectivity index (χ2v) is 12.7. The highest BCUT2D eigenvalue weighted by atomic mass is 16.7. The van der Waals surface area contributed by atoms with Gasteiger partial charge in [0.15, 0.2) is 12.1 Å². The summed E-state index contributed by atoms with van der Waals surface area (Å²) in [4.78, 5) is 28.0. The fourth-order valence-electron chi connectivity index (χ4n) is 6.36. The third-order valence-corrected chi connectivity index (χ3v) is 9.06. The first kappa shape index (κ1) is 32.2. The number of ether oxygens (including phenoxy) is 4. The molecule has 0 aromatic heterocycles. The van der Waals surface area contributed by atoms with E-state index < -0.39 is 42.1 Å². The Hall–Kier alpha value is -1.36. The summed E-state index contributed by atoms with van der Waals surface area (Å²) in [6.07, 6.45) is 0.957. The van der Waals surface area contributed by atoms with E-state index >= 15 is 0 Å². The van der Waals surface area contributed by atoms with E-state index in [2.05, 4.69) is 0 Å². The van der Waals surface area contributed by atoms with Gasteiger partial charge in [-0.1, -0.05) is 34.6 Å². The molecular weight excluding hydrogens is 502 g/mol. The van der Waals surface area contributed by atoms with Crippen LogP contribution >= 0.6 is 0 Å². The molecule has 0 saturated carbocycles. The number of carbonyl (C=O) groups excluding carboxylic acids is 2. The molecule has 1 unspecified atom stereocenters. The van der Waals surface area contributed by atoms with E-state index in [9.17, 15) is 19.8 Å². The summed E-state index contributed by atoms with van der Waals surface area (Å²) in [5.41, 5.74) is -0.578. The number of rotatable bonds is 4. The summed E-state index contributed by atoms with van der Waals surface area (Å²) in [7, 11) is 3.83. The number of nitrogens with zero attached hydrogens (tertiary/aromatic N) is 1. The number of ketones is 1. The second-order valence-electron chi connectivity index (χ2n) is 12.7. The van der Waals surface area contributed by atoms with E-state index in [0.29, 0.717) is 19.3 Å². The van der Waals surface area contributed by atoms with E-state index in [1.54, 1.807) is 6.08 Å². The lowest BCUT2D eigenvalue weighted by molar-refractivity contribution is -0.282. The number of aliphatic hydroxyl groups excluding tert-OH is 2. The largest absolute Gasteiger partial charge is 0.462 e. The molecule has 3 rings (SSSR count). The zero-order valence-corrected chi connectivity index (χ0v) is 25.2. The first-order valence-corrected chi connectivity index (χ1v) is 14.6. The number of allylic oxidation sites excluding steroid dienone is 1. The number of epoxide rings is 1. The highest BCUT2D eigenvalue weighted by molar-refractivity contribution is 5.91. The second kappa shape index (κ2) is 13.1. The average molecular weight is 554 g/mol. The molecule has 9 nitrogen and oxygen atoms in total. The molecule has 2 fully saturated rings. The summed E-state index contributed by atoms with van der Waals surface area (Å²) < 4.78 is 24.3. The van der Waals surface area contributed by atoms with Crippen molar-refractivity contribution in [3.63, 3.8) is 0 Å². The van der Waals surface area contributed by atoms with Gasteiger partial charge in [0.25, 0.3) is 0 Å². The zero-order chi connectivity index (χ0) is 29.2. The van der Waals surface area contributed by atoms with Crippen LogP contribution in [0.4, 0.5) is 0 Å². The molecular formula is C30H51NO8. The fraction of sp³-hybridized carbons (Fsp3) is 0.867. The molecule has 224 valence electrons. The Morgan fingerprint density at radius 2 is 1.74 bits per heavy atom. The third-order valence-electron chi connectivity index (χ3n) is 9.06. The van der Waals surface area contributed by atoms with E-state index in [1.807, 2.05) is 73.5 Å². The number of likely N-dealkylation sites (N-methyl/N-ethyl adjacent to an activating group) is 1. The Labute approximate surface area is 234 Å². The van der Waals surface area contributed by atoms with Crippen LogP contribution in [0.25, 0.3) is 0 Å². The average Bonchev–Trinajstić information content (AvgIpc) is 3.55. The molecule has 39 heavy (non-hydrogen) atoms. The van der Waals surface area contributed by atoms with Crippen molar-refractivity contribution in [1.29, 1.82) is 0 Å². The quantitative estimate of drug-likeness (QED) is 0.400. The molecule has 0 radical (unpaired) electrons. The van der Waals surface area contributed by atoms with Crippen molar-refractivity contribution in [2.45, 2.75) is 129 Å². The van der Waals surface area contributed by atoms with Crippen molar-refractivity contribution < 1.29 is 38.7 Å². The van der Waals surface area contributed by atoms with Crippen molar-refractivity contribution in [2.75, 3.05) is 14.1 Å². The fourth-order valence-corrected chi connectivity index (χ4v) is 6.36. The maximum atomic E-state index is 13.1. The first-order valence-electron chi connectivity index (χ1n) is 14.6. The minimum Gasteiger partial charge on any atom is -0.462 e. The van der Waals surface area contributed by atoms with Gasteiger partial charge in [0.2, 0.25) is 0 Å². The summed E-state index contributed by atoms with van der Waals surface area (Å²) in [5, 5.41) is 22.3. The smallest absolute Gasteiger partial charge is 0.308 e. The molecule has 3 heterocycles. The number of hydrogen-bond acceptors (Lipinski definition) is 9. The highest BCUT2D eigenvalue weighted by Gasteiger charge is 2.55. The van der Waals surface area contributed by atoms with Crippen LogP contribution in [-0.2, 0) is 28.5 Å². The van der Waals surface area contributed by atoms with Crippen LogP contribution in [0, 0.1) is 23.7 Å². The van der Waals surface area contributed by atoms with Crippen LogP contribution in [0.3, 0.4) is 0 Å². The van der Waals surface area contributed by atoms with Crippen molar-refractivity contribution in [1.82, 2.24) is 4.90 Å². The molecule has 0 aromatic carbocycles. The van der Waals surface area contributed by atoms with Crippen LogP contribution in [0.2, 0.25) is 0 Å². The molecule has 13 atom stereocenters. The van der Waals surface area contributed by atoms with Crippen molar-refractivity contribution in [2.24, 2.45) is 23.7 Å². The Balaban J connectivity index is 1.88. The lowest BCUT2D eigenvalue weighted by Crippen LogP contribution is -2.56. The van der Waals surface area contributed by atoms with Crippen molar-refractivity contribution in [3.8, 4) is 0 Å². The number of cyclic esters (lactones) is 1. The summed E-state index contributed by atoms with van der Waals surface area (Å²) >= 11 is 0. The maximum Gasteiger partial charge on any atom is 0.308 e. The number of aliphatic hydroxyl groups is 2. The van der Waals surface area contributed by atoms with Gasteiger partial charge < -0.3 is 34.1 Å². The Bertz CT molecular complexity index is 879.